The number of halogens is 12. The second-order valence-corrected chi connectivity index (χ2v) is 8.03. The Balaban J connectivity index is 0.00000400. The van der Waals surface area contributed by atoms with E-state index >= 15 is 17.6 Å². The molecule has 0 spiro atoms. The van der Waals surface area contributed by atoms with Gasteiger partial charge in [-0.1, -0.05) is 24.3 Å². The van der Waals surface area contributed by atoms with Crippen LogP contribution in [0.2, 0.25) is 0 Å². The third kappa shape index (κ3) is 4.92. The summed E-state index contributed by atoms with van der Waals surface area (Å²) >= 11 is 0. The third-order valence-corrected chi connectivity index (χ3v) is 5.95. The van der Waals surface area contributed by atoms with Crippen LogP contribution in [0.4, 0.5) is 52.7 Å². The molecule has 4 rings (SSSR count). The first-order chi connectivity index (χ1) is 17.3. The summed E-state index contributed by atoms with van der Waals surface area (Å²) in [6, 6.07) is -0.451. The van der Waals surface area contributed by atoms with Crippen LogP contribution >= 0.6 is 0 Å². The van der Waals surface area contributed by atoms with Gasteiger partial charge in [-0.25, -0.2) is 52.7 Å². The first kappa shape index (κ1) is 30.3. The van der Waals surface area contributed by atoms with Crippen molar-refractivity contribution in [1.82, 2.24) is 0 Å². The predicted octanol–water partition coefficient (Wildman–Crippen LogP) is 1.74. The minimum atomic E-state index is -4.89. The minimum absolute atomic E-state index is 0. The van der Waals surface area contributed by atoms with Crippen molar-refractivity contribution in [3.05, 3.63) is 118 Å². The molecule has 4 aromatic carbocycles. The number of hydrogen-bond acceptors (Lipinski definition) is 0. The first-order valence-corrected chi connectivity index (χ1v) is 10.0. The van der Waals surface area contributed by atoms with Gasteiger partial charge in [0.2, 0.25) is 0 Å². The molecule has 0 N–H and O–H groups in total. The normalized spacial score (nSPS) is 11.5. The van der Waals surface area contributed by atoms with Gasteiger partial charge in [-0.2, -0.15) is 21.9 Å². The van der Waals surface area contributed by atoms with Crippen molar-refractivity contribution >= 4 is 28.0 Å². The van der Waals surface area contributed by atoms with Crippen LogP contribution in [0.1, 0.15) is 0 Å². The Kier molecular flexibility index (Phi) is 8.83. The Morgan fingerprint density at radius 2 is 0.500 bits per heavy atom. The Bertz CT molecular complexity index is 1340. The standard InChI is InChI=1S/C24H8BF12.K/c26-9-1-13(21(34)17(30)5-9)25(14-2-10(27)6-18(31)22(14)35,15-3-11(28)7-19(32)23(15)36)16-4-12(29)8-20(33)24(16)37;/h1-8H;/q-1;+1. The number of rotatable bonds is 4. The Hall–Kier alpha value is -2.26. The molecule has 0 heterocycles. The van der Waals surface area contributed by atoms with Crippen molar-refractivity contribution in [3.8, 4) is 0 Å². The van der Waals surface area contributed by atoms with Gasteiger partial charge in [0.15, 0.2) is 23.3 Å². The van der Waals surface area contributed by atoms with Gasteiger partial charge in [0, 0.05) is 24.3 Å². The fourth-order valence-corrected chi connectivity index (χ4v) is 4.57. The summed E-state index contributed by atoms with van der Waals surface area (Å²) in [7, 11) is 0. The zero-order valence-electron chi connectivity index (χ0n) is 18.7. The van der Waals surface area contributed by atoms with Crippen LogP contribution in [0.25, 0.3) is 0 Å². The van der Waals surface area contributed by atoms with Crippen LogP contribution in [0, 0.1) is 69.8 Å². The number of benzene rings is 4. The molecule has 0 aliphatic rings. The van der Waals surface area contributed by atoms with Crippen LogP contribution in [0.5, 0.6) is 0 Å². The van der Waals surface area contributed by atoms with Gasteiger partial charge >= 0.3 is 51.4 Å². The average molecular weight is 574 g/mol. The molecule has 0 amide bonds. The van der Waals surface area contributed by atoms with E-state index in [1.165, 1.54) is 0 Å². The van der Waals surface area contributed by atoms with Crippen molar-refractivity contribution in [2.24, 2.45) is 0 Å². The van der Waals surface area contributed by atoms with Crippen molar-refractivity contribution in [1.29, 1.82) is 0 Å². The zero-order chi connectivity index (χ0) is 27.4. The second kappa shape index (κ2) is 11.1. The quantitative estimate of drug-likeness (QED) is 0.198. The van der Waals surface area contributed by atoms with E-state index in [1.807, 2.05) is 0 Å². The van der Waals surface area contributed by atoms with Crippen LogP contribution in [-0.4, -0.2) is 6.15 Å². The topological polar surface area (TPSA) is 0 Å². The van der Waals surface area contributed by atoms with Crippen molar-refractivity contribution < 1.29 is 104 Å². The Labute approximate surface area is 248 Å². The minimum Gasteiger partial charge on any atom is -0.207 e. The summed E-state index contributed by atoms with van der Waals surface area (Å²) in [6.45, 7) is 0. The summed E-state index contributed by atoms with van der Waals surface area (Å²) < 4.78 is 176. The first-order valence-electron chi connectivity index (χ1n) is 10.0. The van der Waals surface area contributed by atoms with Gasteiger partial charge in [0.25, 0.3) is 0 Å². The molecule has 4 aromatic rings. The van der Waals surface area contributed by atoms with E-state index in [0.717, 1.165) is 0 Å². The fourth-order valence-electron chi connectivity index (χ4n) is 4.57. The van der Waals surface area contributed by atoms with Crippen LogP contribution < -0.4 is 73.2 Å². The van der Waals surface area contributed by atoms with E-state index in [0.29, 0.717) is 0 Å². The maximum atomic E-state index is 15.3. The van der Waals surface area contributed by atoms with E-state index in [1.54, 1.807) is 0 Å². The van der Waals surface area contributed by atoms with E-state index in [2.05, 4.69) is 0 Å². The van der Waals surface area contributed by atoms with Crippen LogP contribution in [0.3, 0.4) is 0 Å². The monoisotopic (exact) mass is 574 g/mol. The molecule has 0 bridgehead atoms. The number of hydrogen-bond donors (Lipinski definition) is 0. The van der Waals surface area contributed by atoms with Gasteiger partial charge in [-0.3, -0.25) is 0 Å². The van der Waals surface area contributed by atoms with Gasteiger partial charge in [0.05, 0.1) is 0 Å². The molecule has 0 nitrogen and oxygen atoms in total. The molecule has 0 unspecified atom stereocenters. The van der Waals surface area contributed by atoms with Gasteiger partial charge in [-0.05, 0) is 0 Å². The molecule has 0 saturated heterocycles. The zero-order valence-corrected chi connectivity index (χ0v) is 21.9. The maximum Gasteiger partial charge on any atom is 1.00 e. The summed E-state index contributed by atoms with van der Waals surface area (Å²) in [5, 5.41) is 0. The molecule has 14 heteroatoms. The largest absolute Gasteiger partial charge is 1.00 e. The van der Waals surface area contributed by atoms with E-state index in [9.17, 15) is 35.1 Å². The summed E-state index contributed by atoms with van der Waals surface area (Å²) in [4.78, 5) is 0. The van der Waals surface area contributed by atoms with Crippen molar-refractivity contribution in [2.45, 2.75) is 0 Å². The van der Waals surface area contributed by atoms with Crippen molar-refractivity contribution in [2.75, 3.05) is 0 Å². The van der Waals surface area contributed by atoms with Gasteiger partial charge < -0.3 is 0 Å². The van der Waals surface area contributed by atoms with E-state index in [-0.39, 0.29) is 99.9 Å². The second-order valence-electron chi connectivity index (χ2n) is 8.03. The molecule has 0 radical (unpaired) electrons. The Morgan fingerprint density at radius 3 is 0.684 bits per heavy atom. The predicted molar refractivity (Wildman–Crippen MR) is 110 cm³/mol. The molecule has 0 aromatic heterocycles. The van der Waals surface area contributed by atoms with Crippen molar-refractivity contribution in [3.63, 3.8) is 0 Å². The van der Waals surface area contributed by atoms with Crippen LogP contribution in [0.15, 0.2) is 48.5 Å². The molecule has 192 valence electrons. The van der Waals surface area contributed by atoms with Gasteiger partial charge in [-0.15, -0.1) is 0 Å². The third-order valence-electron chi connectivity index (χ3n) is 5.95. The van der Waals surface area contributed by atoms with Crippen LogP contribution in [-0.2, 0) is 0 Å². The molecule has 0 fully saturated rings. The summed E-state index contributed by atoms with van der Waals surface area (Å²) in [5.41, 5.74) is -6.69. The van der Waals surface area contributed by atoms with E-state index in [4.69, 9.17) is 0 Å². The average Bonchev–Trinajstić information content (AvgIpc) is 2.80. The molecule has 0 saturated carbocycles. The molecular weight excluding hydrogens is 566 g/mol. The smallest absolute Gasteiger partial charge is 0.207 e. The fraction of sp³-hybridized carbons (Fsp3) is 0. The molecule has 0 atom stereocenters. The SMILES string of the molecule is Fc1cc(F)c(F)c([B-](c2cc(F)cc(F)c2F)(c2cc(F)cc(F)c2F)c2cc(F)cc(F)c2F)c1.[K+]. The maximum absolute atomic E-state index is 15.3. The summed E-state index contributed by atoms with van der Waals surface area (Å²) in [6.07, 6.45) is -4.89. The van der Waals surface area contributed by atoms with Gasteiger partial charge in [0.1, 0.15) is 52.7 Å². The molecule has 0 aliphatic heterocycles. The molecule has 38 heavy (non-hydrogen) atoms. The molecular formula is C24H8BF12K. The molecule has 0 aliphatic carbocycles. The van der Waals surface area contributed by atoms with E-state index < -0.39 is 97.8 Å². The summed E-state index contributed by atoms with van der Waals surface area (Å²) in [5.74, 6) is -24.2. The Morgan fingerprint density at radius 1 is 0.316 bits per heavy atom.